The van der Waals surface area contributed by atoms with E-state index in [0.717, 1.165) is 31.6 Å². The van der Waals surface area contributed by atoms with E-state index in [4.69, 9.17) is 5.73 Å². The van der Waals surface area contributed by atoms with Crippen LogP contribution in [0.4, 0.5) is 0 Å². The number of rotatable bonds is 2. The van der Waals surface area contributed by atoms with Crippen LogP contribution in [0.2, 0.25) is 0 Å². The normalized spacial score (nSPS) is 31.1. The number of nitrogens with two attached hydrogens (primary N) is 1. The number of aliphatic imine (C=N–C) groups is 1. The van der Waals surface area contributed by atoms with Gasteiger partial charge in [-0.05, 0) is 32.2 Å². The van der Waals surface area contributed by atoms with Crippen molar-refractivity contribution in [2.24, 2.45) is 16.6 Å². The molecule has 0 aromatic rings. The van der Waals surface area contributed by atoms with Gasteiger partial charge in [0.25, 0.3) is 0 Å². The van der Waals surface area contributed by atoms with E-state index in [2.05, 4.69) is 35.7 Å². The van der Waals surface area contributed by atoms with Crippen molar-refractivity contribution in [3.8, 4) is 0 Å². The number of hydrogen-bond acceptors (Lipinski definition) is 2. The summed E-state index contributed by atoms with van der Waals surface area (Å²) in [7, 11) is 2.26. The lowest BCUT2D eigenvalue weighted by Gasteiger charge is -2.26. The van der Waals surface area contributed by atoms with Crippen LogP contribution < -0.4 is 5.73 Å². The summed E-state index contributed by atoms with van der Waals surface area (Å²) in [4.78, 5) is 9.32. The van der Waals surface area contributed by atoms with Gasteiger partial charge >= 0.3 is 0 Å². The number of hydrogen-bond donors (Lipinski definition) is 1. The molecule has 2 aliphatic heterocycles. The van der Waals surface area contributed by atoms with Crippen molar-refractivity contribution in [3.05, 3.63) is 0 Å². The van der Waals surface area contributed by atoms with Crippen LogP contribution >= 0.6 is 0 Å². The van der Waals surface area contributed by atoms with Crippen molar-refractivity contribution >= 4 is 5.96 Å². The molecule has 98 valence electrons. The van der Waals surface area contributed by atoms with Gasteiger partial charge in [-0.25, -0.2) is 0 Å². The summed E-state index contributed by atoms with van der Waals surface area (Å²) in [6, 6.07) is 1.44. The molecule has 2 saturated heterocycles. The lowest BCUT2D eigenvalue weighted by atomic mass is 10.1. The van der Waals surface area contributed by atoms with E-state index in [1.807, 2.05) is 0 Å². The van der Waals surface area contributed by atoms with Gasteiger partial charge in [0.1, 0.15) is 0 Å². The molecule has 2 heterocycles. The van der Waals surface area contributed by atoms with Crippen molar-refractivity contribution in [1.29, 1.82) is 0 Å². The van der Waals surface area contributed by atoms with Gasteiger partial charge in [0.15, 0.2) is 5.96 Å². The van der Waals surface area contributed by atoms with E-state index >= 15 is 0 Å². The lowest BCUT2D eigenvalue weighted by molar-refractivity contribution is 0.245. The van der Waals surface area contributed by atoms with Crippen molar-refractivity contribution in [2.75, 3.05) is 26.7 Å². The maximum absolute atomic E-state index is 6.10. The van der Waals surface area contributed by atoms with Crippen molar-refractivity contribution in [2.45, 2.75) is 45.2 Å². The summed E-state index contributed by atoms with van der Waals surface area (Å²) in [5.74, 6) is 1.33. The van der Waals surface area contributed by atoms with E-state index in [0.29, 0.717) is 12.0 Å². The van der Waals surface area contributed by atoms with Gasteiger partial charge in [-0.1, -0.05) is 13.8 Å². The van der Waals surface area contributed by atoms with Gasteiger partial charge in [-0.2, -0.15) is 0 Å². The lowest BCUT2D eigenvalue weighted by Crippen LogP contribution is -2.43. The Balaban J connectivity index is 1.96. The molecule has 2 fully saturated rings. The quantitative estimate of drug-likeness (QED) is 0.579. The molecule has 2 bridgehead atoms. The molecule has 2 N–H and O–H groups in total. The van der Waals surface area contributed by atoms with Gasteiger partial charge in [0.05, 0.1) is 0 Å². The van der Waals surface area contributed by atoms with Crippen LogP contribution in [-0.4, -0.2) is 54.5 Å². The van der Waals surface area contributed by atoms with Gasteiger partial charge < -0.3 is 10.6 Å². The standard InChI is InChI=1S/C13H26N4/c1-10(2)8-15-13(14)17-7-6-11-4-5-12(9-17)16(11)3/h10-12H,4-9H2,1-3H3,(H2,14,15). The zero-order valence-electron chi connectivity index (χ0n) is 11.4. The summed E-state index contributed by atoms with van der Waals surface area (Å²) in [5.41, 5.74) is 6.10. The molecule has 0 amide bonds. The Morgan fingerprint density at radius 2 is 2.00 bits per heavy atom. The average Bonchev–Trinajstić information content (AvgIpc) is 2.50. The van der Waals surface area contributed by atoms with Crippen LogP contribution in [0.1, 0.15) is 33.1 Å². The topological polar surface area (TPSA) is 44.9 Å². The van der Waals surface area contributed by atoms with E-state index in [-0.39, 0.29) is 0 Å². The molecule has 4 nitrogen and oxygen atoms in total. The number of guanidine groups is 1. The summed E-state index contributed by atoms with van der Waals surface area (Å²) in [5, 5.41) is 0. The number of fused-ring (bicyclic) bond motifs is 2. The second-order valence-corrected chi connectivity index (χ2v) is 5.88. The van der Waals surface area contributed by atoms with E-state index in [1.54, 1.807) is 0 Å². The average molecular weight is 238 g/mol. The summed E-state index contributed by atoms with van der Waals surface area (Å²) >= 11 is 0. The van der Waals surface area contributed by atoms with Gasteiger partial charge in [-0.3, -0.25) is 9.89 Å². The van der Waals surface area contributed by atoms with Crippen LogP contribution in [0.15, 0.2) is 4.99 Å². The van der Waals surface area contributed by atoms with Crippen LogP contribution in [0.3, 0.4) is 0 Å². The monoisotopic (exact) mass is 238 g/mol. The molecule has 0 spiro atoms. The first-order chi connectivity index (χ1) is 8.08. The van der Waals surface area contributed by atoms with E-state index < -0.39 is 0 Å². The fourth-order valence-electron chi connectivity index (χ4n) is 2.89. The summed E-state index contributed by atoms with van der Waals surface area (Å²) in [6.07, 6.45) is 3.90. The first kappa shape index (κ1) is 12.7. The van der Waals surface area contributed by atoms with Crippen molar-refractivity contribution in [3.63, 3.8) is 0 Å². The van der Waals surface area contributed by atoms with Crippen molar-refractivity contribution in [1.82, 2.24) is 9.80 Å². The molecule has 0 radical (unpaired) electrons. The molecule has 17 heavy (non-hydrogen) atoms. The molecule has 0 aromatic heterocycles. The maximum Gasteiger partial charge on any atom is 0.191 e. The molecule has 2 rings (SSSR count). The predicted molar refractivity (Wildman–Crippen MR) is 72.1 cm³/mol. The minimum absolute atomic E-state index is 0.583. The molecule has 0 aliphatic carbocycles. The predicted octanol–water partition coefficient (Wildman–Crippen LogP) is 1.13. The minimum atomic E-state index is 0.583. The van der Waals surface area contributed by atoms with Gasteiger partial charge in [-0.15, -0.1) is 0 Å². The zero-order valence-corrected chi connectivity index (χ0v) is 11.4. The molecular weight excluding hydrogens is 212 g/mol. The first-order valence-electron chi connectivity index (χ1n) is 6.84. The van der Waals surface area contributed by atoms with Crippen LogP contribution in [-0.2, 0) is 0 Å². The third-order valence-electron chi connectivity index (χ3n) is 4.09. The zero-order chi connectivity index (χ0) is 12.4. The fourth-order valence-corrected chi connectivity index (χ4v) is 2.89. The van der Waals surface area contributed by atoms with Gasteiger partial charge in [0.2, 0.25) is 0 Å². The minimum Gasteiger partial charge on any atom is -0.370 e. The first-order valence-corrected chi connectivity index (χ1v) is 6.84. The fraction of sp³-hybridized carbons (Fsp3) is 0.923. The van der Waals surface area contributed by atoms with Crippen LogP contribution in [0.25, 0.3) is 0 Å². The van der Waals surface area contributed by atoms with E-state index in [9.17, 15) is 0 Å². The summed E-state index contributed by atoms with van der Waals surface area (Å²) in [6.45, 7) is 7.32. The Labute approximate surface area is 105 Å². The highest BCUT2D eigenvalue weighted by Crippen LogP contribution is 2.28. The van der Waals surface area contributed by atoms with Crippen LogP contribution in [0, 0.1) is 5.92 Å². The Morgan fingerprint density at radius 3 is 2.71 bits per heavy atom. The largest absolute Gasteiger partial charge is 0.370 e. The second kappa shape index (κ2) is 5.25. The SMILES string of the molecule is CC(C)CN=C(N)N1CCC2CCC(C1)N2C. The van der Waals surface area contributed by atoms with E-state index in [1.165, 1.54) is 19.3 Å². The third-order valence-corrected chi connectivity index (χ3v) is 4.09. The molecule has 2 atom stereocenters. The Hall–Kier alpha value is -0.770. The third kappa shape index (κ3) is 2.92. The number of likely N-dealkylation sites (N-methyl/N-ethyl adjacent to an activating group) is 1. The Morgan fingerprint density at radius 1 is 1.29 bits per heavy atom. The highest BCUT2D eigenvalue weighted by Gasteiger charge is 2.34. The Kier molecular flexibility index (Phi) is 3.92. The molecular formula is C13H26N4. The van der Waals surface area contributed by atoms with Crippen molar-refractivity contribution < 1.29 is 0 Å². The van der Waals surface area contributed by atoms with Gasteiger partial charge in [0, 0.05) is 31.7 Å². The molecule has 0 aromatic carbocycles. The number of likely N-dealkylation sites (tertiary alicyclic amines) is 1. The highest BCUT2D eigenvalue weighted by molar-refractivity contribution is 5.78. The smallest absolute Gasteiger partial charge is 0.191 e. The molecule has 2 aliphatic rings. The van der Waals surface area contributed by atoms with Crippen LogP contribution in [0.5, 0.6) is 0 Å². The summed E-state index contributed by atoms with van der Waals surface area (Å²) < 4.78 is 0. The molecule has 0 saturated carbocycles. The highest BCUT2D eigenvalue weighted by atomic mass is 15.3. The number of nitrogens with zero attached hydrogens (tertiary/aromatic N) is 3. The Bertz CT molecular complexity index is 287. The maximum atomic E-state index is 6.10. The molecule has 2 unspecified atom stereocenters. The second-order valence-electron chi connectivity index (χ2n) is 5.88. The molecule has 4 heteroatoms.